The number of hydrogen-bond acceptors (Lipinski definition) is 5. The fraction of sp³-hybridized carbons (Fsp3) is 0.0833. The van der Waals surface area contributed by atoms with E-state index in [1.54, 1.807) is 17.5 Å². The van der Waals surface area contributed by atoms with Crippen LogP contribution in [0, 0.1) is 0 Å². The Morgan fingerprint density at radius 3 is 3.00 bits per heavy atom. The van der Waals surface area contributed by atoms with Gasteiger partial charge in [-0.15, -0.1) is 11.3 Å². The second kappa shape index (κ2) is 4.88. The molecule has 0 bridgehead atoms. The number of rotatable bonds is 3. The standard InChI is InChI=1S/C12H9ClN4S/c13-8-1-2-9-10(5-8)16-7-17-12(9)15-6-11-14-3-4-18-11/h1-5,7H,6H2,(H,15,16,17). The average molecular weight is 277 g/mol. The molecule has 1 aromatic carbocycles. The SMILES string of the molecule is Clc1ccc2c(NCc3nccs3)ncnc2c1. The third-order valence-corrected chi connectivity index (χ3v) is 3.50. The summed E-state index contributed by atoms with van der Waals surface area (Å²) in [5.41, 5.74) is 0.833. The van der Waals surface area contributed by atoms with Crippen LogP contribution in [0.15, 0.2) is 36.1 Å². The molecule has 90 valence electrons. The first-order valence-corrected chi connectivity index (χ1v) is 6.61. The highest BCUT2D eigenvalue weighted by atomic mass is 35.5. The molecular formula is C12H9ClN4S. The molecule has 0 atom stereocenters. The zero-order chi connectivity index (χ0) is 12.4. The van der Waals surface area contributed by atoms with Crippen molar-refractivity contribution in [3.8, 4) is 0 Å². The van der Waals surface area contributed by atoms with Gasteiger partial charge >= 0.3 is 0 Å². The van der Waals surface area contributed by atoms with Crippen molar-refractivity contribution in [3.05, 3.63) is 46.1 Å². The molecule has 0 aliphatic heterocycles. The highest BCUT2D eigenvalue weighted by Gasteiger charge is 2.04. The van der Waals surface area contributed by atoms with Gasteiger partial charge in [0.25, 0.3) is 0 Å². The van der Waals surface area contributed by atoms with Crippen molar-refractivity contribution in [3.63, 3.8) is 0 Å². The molecule has 0 aliphatic carbocycles. The summed E-state index contributed by atoms with van der Waals surface area (Å²) in [4.78, 5) is 12.7. The molecule has 4 nitrogen and oxygen atoms in total. The number of thiazole rings is 1. The van der Waals surface area contributed by atoms with E-state index in [4.69, 9.17) is 11.6 Å². The van der Waals surface area contributed by atoms with Crippen LogP contribution in [0.2, 0.25) is 5.02 Å². The highest BCUT2D eigenvalue weighted by molar-refractivity contribution is 7.09. The first-order valence-electron chi connectivity index (χ1n) is 5.35. The minimum absolute atomic E-state index is 0.659. The first-order chi connectivity index (χ1) is 8.83. The summed E-state index contributed by atoms with van der Waals surface area (Å²) in [5, 5.41) is 7.87. The van der Waals surface area contributed by atoms with Gasteiger partial charge in [-0.2, -0.15) is 0 Å². The van der Waals surface area contributed by atoms with E-state index >= 15 is 0 Å². The van der Waals surface area contributed by atoms with Gasteiger partial charge in [-0.1, -0.05) is 11.6 Å². The average Bonchev–Trinajstić information content (AvgIpc) is 2.89. The van der Waals surface area contributed by atoms with Crippen molar-refractivity contribution in [1.29, 1.82) is 0 Å². The molecule has 0 saturated heterocycles. The quantitative estimate of drug-likeness (QED) is 0.797. The van der Waals surface area contributed by atoms with Crippen LogP contribution in [0.25, 0.3) is 10.9 Å². The molecule has 6 heteroatoms. The maximum atomic E-state index is 5.94. The van der Waals surface area contributed by atoms with Crippen LogP contribution in [0.1, 0.15) is 5.01 Å². The number of aromatic nitrogens is 3. The molecule has 0 spiro atoms. The molecule has 1 N–H and O–H groups in total. The van der Waals surface area contributed by atoms with E-state index in [-0.39, 0.29) is 0 Å². The van der Waals surface area contributed by atoms with Gasteiger partial charge in [-0.3, -0.25) is 0 Å². The number of nitrogens with one attached hydrogen (secondary N) is 1. The summed E-state index contributed by atoms with van der Waals surface area (Å²) in [5.74, 6) is 0.798. The van der Waals surface area contributed by atoms with Crippen molar-refractivity contribution in [2.45, 2.75) is 6.54 Å². The Balaban J connectivity index is 1.92. The fourth-order valence-electron chi connectivity index (χ4n) is 1.67. The molecule has 0 unspecified atom stereocenters. The number of fused-ring (bicyclic) bond motifs is 1. The lowest BCUT2D eigenvalue weighted by molar-refractivity contribution is 1.07. The maximum Gasteiger partial charge on any atom is 0.137 e. The van der Waals surface area contributed by atoms with E-state index in [1.807, 2.05) is 23.6 Å². The fourth-order valence-corrected chi connectivity index (χ4v) is 2.39. The van der Waals surface area contributed by atoms with E-state index < -0.39 is 0 Å². The summed E-state index contributed by atoms with van der Waals surface area (Å²) < 4.78 is 0. The van der Waals surface area contributed by atoms with Gasteiger partial charge in [-0.05, 0) is 18.2 Å². The van der Waals surface area contributed by atoms with Crippen molar-refractivity contribution < 1.29 is 0 Å². The molecule has 3 rings (SSSR count). The van der Waals surface area contributed by atoms with Gasteiger partial charge in [0.15, 0.2) is 0 Å². The lowest BCUT2D eigenvalue weighted by Crippen LogP contribution is -2.02. The summed E-state index contributed by atoms with van der Waals surface area (Å²) in [7, 11) is 0. The van der Waals surface area contributed by atoms with Gasteiger partial charge in [-0.25, -0.2) is 15.0 Å². The van der Waals surface area contributed by atoms with Gasteiger partial charge < -0.3 is 5.32 Å². The molecule has 2 aromatic heterocycles. The van der Waals surface area contributed by atoms with Crippen molar-refractivity contribution in [2.75, 3.05) is 5.32 Å². The largest absolute Gasteiger partial charge is 0.363 e. The summed E-state index contributed by atoms with van der Waals surface area (Å²) >= 11 is 7.55. The first kappa shape index (κ1) is 11.4. The number of hydrogen-bond donors (Lipinski definition) is 1. The zero-order valence-corrected chi connectivity index (χ0v) is 10.9. The van der Waals surface area contributed by atoms with Gasteiger partial charge in [0.05, 0.1) is 12.1 Å². The monoisotopic (exact) mass is 276 g/mol. The molecule has 0 amide bonds. The zero-order valence-electron chi connectivity index (χ0n) is 9.30. The van der Waals surface area contributed by atoms with E-state index in [0.717, 1.165) is 21.7 Å². The van der Waals surface area contributed by atoms with Crippen LogP contribution >= 0.6 is 22.9 Å². The predicted octanol–water partition coefficient (Wildman–Crippen LogP) is 3.35. The summed E-state index contributed by atoms with van der Waals surface area (Å²) in [6.07, 6.45) is 3.32. The molecule has 18 heavy (non-hydrogen) atoms. The topological polar surface area (TPSA) is 50.7 Å². The predicted molar refractivity (Wildman–Crippen MR) is 74.0 cm³/mol. The van der Waals surface area contributed by atoms with E-state index in [9.17, 15) is 0 Å². The Labute approximate surface area is 113 Å². The third kappa shape index (κ3) is 2.27. The smallest absolute Gasteiger partial charge is 0.137 e. The molecule has 2 heterocycles. The van der Waals surface area contributed by atoms with E-state index in [1.165, 1.54) is 6.33 Å². The van der Waals surface area contributed by atoms with Crippen LogP contribution in [-0.2, 0) is 6.54 Å². The normalized spacial score (nSPS) is 10.7. The lowest BCUT2D eigenvalue weighted by Gasteiger charge is -2.06. The Hall–Kier alpha value is -1.72. The summed E-state index contributed by atoms with van der Waals surface area (Å²) in [6.45, 7) is 0.659. The van der Waals surface area contributed by atoms with Crippen LogP contribution in [0.5, 0.6) is 0 Å². The Morgan fingerprint density at radius 2 is 2.17 bits per heavy atom. The molecule has 0 fully saturated rings. The van der Waals surface area contributed by atoms with Crippen LogP contribution in [-0.4, -0.2) is 15.0 Å². The molecule has 0 saturated carbocycles. The number of nitrogens with zero attached hydrogens (tertiary/aromatic N) is 3. The molecule has 0 radical (unpaired) electrons. The summed E-state index contributed by atoms with van der Waals surface area (Å²) in [6, 6.07) is 5.58. The third-order valence-electron chi connectivity index (χ3n) is 2.49. The molecule has 3 aromatic rings. The second-order valence-electron chi connectivity index (χ2n) is 3.66. The number of halogens is 1. The minimum Gasteiger partial charge on any atom is -0.363 e. The molecular weight excluding hydrogens is 268 g/mol. The van der Waals surface area contributed by atoms with Gasteiger partial charge in [0.2, 0.25) is 0 Å². The van der Waals surface area contributed by atoms with E-state index in [2.05, 4.69) is 20.3 Å². The Bertz CT molecular complexity index is 669. The van der Waals surface area contributed by atoms with Crippen molar-refractivity contribution >= 4 is 39.7 Å². The van der Waals surface area contributed by atoms with Gasteiger partial charge in [0, 0.05) is 22.0 Å². The Morgan fingerprint density at radius 1 is 1.22 bits per heavy atom. The van der Waals surface area contributed by atoms with Crippen LogP contribution < -0.4 is 5.32 Å². The van der Waals surface area contributed by atoms with Crippen LogP contribution in [0.3, 0.4) is 0 Å². The van der Waals surface area contributed by atoms with E-state index in [0.29, 0.717) is 11.6 Å². The Kier molecular flexibility index (Phi) is 3.08. The lowest BCUT2D eigenvalue weighted by atomic mass is 10.2. The minimum atomic E-state index is 0.659. The second-order valence-corrected chi connectivity index (χ2v) is 5.08. The van der Waals surface area contributed by atoms with Crippen molar-refractivity contribution in [1.82, 2.24) is 15.0 Å². The number of anilines is 1. The maximum absolute atomic E-state index is 5.94. The van der Waals surface area contributed by atoms with Crippen LogP contribution in [0.4, 0.5) is 5.82 Å². The van der Waals surface area contributed by atoms with Gasteiger partial charge in [0.1, 0.15) is 17.2 Å². The number of benzene rings is 1. The van der Waals surface area contributed by atoms with Crippen molar-refractivity contribution in [2.24, 2.45) is 0 Å². The highest BCUT2D eigenvalue weighted by Crippen LogP contribution is 2.22. The molecule has 0 aliphatic rings.